The highest BCUT2D eigenvalue weighted by Crippen LogP contribution is 2.17. The number of aryl methyl sites for hydroxylation is 1. The summed E-state index contributed by atoms with van der Waals surface area (Å²) >= 11 is 0. The van der Waals surface area contributed by atoms with Crippen LogP contribution in [0.3, 0.4) is 0 Å². The predicted molar refractivity (Wildman–Crippen MR) is 68.2 cm³/mol. The van der Waals surface area contributed by atoms with Gasteiger partial charge in [-0.1, -0.05) is 6.92 Å². The average molecular weight is 265 g/mol. The Morgan fingerprint density at radius 3 is 2.68 bits per heavy atom. The fourth-order valence-corrected chi connectivity index (χ4v) is 2.25. The van der Waals surface area contributed by atoms with Crippen molar-refractivity contribution in [3.8, 4) is 0 Å². The first-order valence-corrected chi connectivity index (χ1v) is 6.61. The van der Waals surface area contributed by atoms with E-state index in [1.165, 1.54) is 0 Å². The summed E-state index contributed by atoms with van der Waals surface area (Å²) in [6.07, 6.45) is 2.97. The summed E-state index contributed by atoms with van der Waals surface area (Å²) in [5.74, 6) is 0.363. The van der Waals surface area contributed by atoms with Crippen LogP contribution in [-0.4, -0.2) is 45.0 Å². The Bertz CT molecular complexity index is 462. The van der Waals surface area contributed by atoms with Crippen molar-refractivity contribution < 1.29 is 9.59 Å². The van der Waals surface area contributed by atoms with Gasteiger partial charge in [0.2, 0.25) is 11.7 Å². The molecule has 0 unspecified atom stereocenters. The van der Waals surface area contributed by atoms with E-state index >= 15 is 0 Å². The molecular formula is C12H19N5O2. The summed E-state index contributed by atoms with van der Waals surface area (Å²) in [7, 11) is 0. The van der Waals surface area contributed by atoms with Crippen LogP contribution >= 0.6 is 0 Å². The van der Waals surface area contributed by atoms with Crippen LogP contribution in [0.5, 0.6) is 0 Å². The van der Waals surface area contributed by atoms with Gasteiger partial charge in [0.05, 0.1) is 0 Å². The molecule has 0 aliphatic carbocycles. The van der Waals surface area contributed by atoms with Crippen LogP contribution in [0, 0.1) is 5.92 Å². The molecule has 1 saturated heterocycles. The molecule has 1 aromatic rings. The van der Waals surface area contributed by atoms with Gasteiger partial charge in [0, 0.05) is 25.4 Å². The minimum Gasteiger partial charge on any atom is -0.369 e. The molecule has 19 heavy (non-hydrogen) atoms. The molecule has 3 N–H and O–H groups in total. The molecule has 104 valence electrons. The number of likely N-dealkylation sites (tertiary alicyclic amines) is 1. The maximum atomic E-state index is 12.2. The van der Waals surface area contributed by atoms with Gasteiger partial charge in [0.1, 0.15) is 5.82 Å². The van der Waals surface area contributed by atoms with E-state index in [-0.39, 0.29) is 23.6 Å². The predicted octanol–water partition coefficient (Wildman–Crippen LogP) is 0.0947. The van der Waals surface area contributed by atoms with Gasteiger partial charge in [-0.05, 0) is 19.3 Å². The van der Waals surface area contributed by atoms with Gasteiger partial charge in [-0.15, -0.1) is 5.10 Å². The fourth-order valence-electron chi connectivity index (χ4n) is 2.25. The van der Waals surface area contributed by atoms with Gasteiger partial charge in [0.25, 0.3) is 5.91 Å². The molecule has 0 saturated carbocycles. The first-order chi connectivity index (χ1) is 9.11. The second-order valence-electron chi connectivity index (χ2n) is 4.82. The third-order valence-corrected chi connectivity index (χ3v) is 3.39. The topological polar surface area (TPSA) is 105 Å². The number of nitrogens with two attached hydrogens (primary N) is 1. The lowest BCUT2D eigenvalue weighted by Gasteiger charge is -2.29. The summed E-state index contributed by atoms with van der Waals surface area (Å²) in [5, 5.41) is 6.72. The number of carbonyl (C=O) groups excluding carboxylic acids is 2. The van der Waals surface area contributed by atoms with Crippen molar-refractivity contribution in [2.45, 2.75) is 32.6 Å². The Kier molecular flexibility index (Phi) is 4.13. The lowest BCUT2D eigenvalue weighted by molar-refractivity contribution is -0.123. The van der Waals surface area contributed by atoms with Gasteiger partial charge in [-0.3, -0.25) is 14.7 Å². The van der Waals surface area contributed by atoms with Gasteiger partial charge >= 0.3 is 0 Å². The second-order valence-corrected chi connectivity index (χ2v) is 4.82. The number of nitrogens with zero attached hydrogens (tertiary/aromatic N) is 3. The van der Waals surface area contributed by atoms with E-state index in [1.54, 1.807) is 4.90 Å². The van der Waals surface area contributed by atoms with E-state index < -0.39 is 0 Å². The van der Waals surface area contributed by atoms with Crippen LogP contribution in [0.2, 0.25) is 0 Å². The normalized spacial score (nSPS) is 16.6. The molecule has 0 radical (unpaired) electrons. The molecule has 0 aromatic carbocycles. The summed E-state index contributed by atoms with van der Waals surface area (Å²) in [4.78, 5) is 29.1. The van der Waals surface area contributed by atoms with Crippen LogP contribution < -0.4 is 5.73 Å². The summed E-state index contributed by atoms with van der Waals surface area (Å²) in [6, 6.07) is 0. The number of primary amides is 1. The van der Waals surface area contributed by atoms with Crippen molar-refractivity contribution in [3.63, 3.8) is 0 Å². The fraction of sp³-hybridized carbons (Fsp3) is 0.667. The SMILES string of the molecule is CCCc1nc(C(=O)N2CCC(C(N)=O)CC2)n[nH]1. The lowest BCUT2D eigenvalue weighted by Crippen LogP contribution is -2.42. The number of amides is 2. The monoisotopic (exact) mass is 265 g/mol. The van der Waals surface area contributed by atoms with Gasteiger partial charge < -0.3 is 10.6 Å². The number of aromatic nitrogens is 3. The van der Waals surface area contributed by atoms with Gasteiger partial charge in [-0.2, -0.15) is 0 Å². The Morgan fingerprint density at radius 1 is 1.42 bits per heavy atom. The highest BCUT2D eigenvalue weighted by molar-refractivity contribution is 5.90. The molecule has 1 aliphatic heterocycles. The average Bonchev–Trinajstić information content (AvgIpc) is 2.87. The zero-order valence-electron chi connectivity index (χ0n) is 11.1. The zero-order valence-corrected chi connectivity index (χ0v) is 11.1. The number of nitrogens with one attached hydrogen (secondary N) is 1. The van der Waals surface area contributed by atoms with Gasteiger partial charge in [-0.25, -0.2) is 4.98 Å². The summed E-state index contributed by atoms with van der Waals surface area (Å²) < 4.78 is 0. The van der Waals surface area contributed by atoms with E-state index in [0.717, 1.165) is 18.7 Å². The molecule has 0 bridgehead atoms. The maximum absolute atomic E-state index is 12.2. The third kappa shape index (κ3) is 3.10. The standard InChI is InChI=1S/C12H19N5O2/c1-2-3-9-14-11(16-15-9)12(19)17-6-4-8(5-7-17)10(13)18/h8H,2-7H2,1H3,(H2,13,18)(H,14,15,16). The largest absolute Gasteiger partial charge is 0.369 e. The van der Waals surface area contributed by atoms with E-state index in [0.29, 0.717) is 25.9 Å². The van der Waals surface area contributed by atoms with Crippen LogP contribution in [0.15, 0.2) is 0 Å². The van der Waals surface area contributed by atoms with E-state index in [2.05, 4.69) is 15.2 Å². The second kappa shape index (κ2) is 5.81. The minimum atomic E-state index is -0.282. The number of hydrogen-bond donors (Lipinski definition) is 2. The quantitative estimate of drug-likeness (QED) is 0.805. The van der Waals surface area contributed by atoms with Gasteiger partial charge in [0.15, 0.2) is 0 Å². The Balaban J connectivity index is 1.95. The molecule has 0 atom stereocenters. The highest BCUT2D eigenvalue weighted by Gasteiger charge is 2.28. The van der Waals surface area contributed by atoms with Crippen LogP contribution in [0.1, 0.15) is 42.6 Å². The molecule has 0 spiro atoms. The minimum absolute atomic E-state index is 0.119. The number of hydrogen-bond acceptors (Lipinski definition) is 4. The van der Waals surface area contributed by atoms with Crippen molar-refractivity contribution in [1.82, 2.24) is 20.1 Å². The molecule has 2 amide bonds. The molecular weight excluding hydrogens is 246 g/mol. The third-order valence-electron chi connectivity index (χ3n) is 3.39. The Morgan fingerprint density at radius 2 is 2.11 bits per heavy atom. The van der Waals surface area contributed by atoms with E-state index in [4.69, 9.17) is 5.73 Å². The van der Waals surface area contributed by atoms with Crippen molar-refractivity contribution >= 4 is 11.8 Å². The number of aromatic amines is 1. The summed E-state index contributed by atoms with van der Waals surface area (Å²) in [5.41, 5.74) is 5.26. The maximum Gasteiger partial charge on any atom is 0.293 e. The molecule has 2 heterocycles. The molecule has 1 aliphatic rings. The van der Waals surface area contributed by atoms with Crippen LogP contribution in [0.4, 0.5) is 0 Å². The van der Waals surface area contributed by atoms with Crippen molar-refractivity contribution in [3.05, 3.63) is 11.6 Å². The first-order valence-electron chi connectivity index (χ1n) is 6.61. The highest BCUT2D eigenvalue weighted by atomic mass is 16.2. The lowest BCUT2D eigenvalue weighted by atomic mass is 9.96. The molecule has 1 fully saturated rings. The van der Waals surface area contributed by atoms with Crippen LogP contribution in [0.25, 0.3) is 0 Å². The van der Waals surface area contributed by atoms with Crippen molar-refractivity contribution in [2.24, 2.45) is 11.7 Å². The zero-order chi connectivity index (χ0) is 13.8. The molecule has 2 rings (SSSR count). The van der Waals surface area contributed by atoms with Crippen LogP contribution in [-0.2, 0) is 11.2 Å². The smallest absolute Gasteiger partial charge is 0.293 e. The Hall–Kier alpha value is -1.92. The summed E-state index contributed by atoms with van der Waals surface area (Å²) in [6.45, 7) is 3.10. The molecule has 7 nitrogen and oxygen atoms in total. The number of piperidine rings is 1. The number of rotatable bonds is 4. The number of carbonyl (C=O) groups is 2. The van der Waals surface area contributed by atoms with E-state index in [1.807, 2.05) is 6.92 Å². The van der Waals surface area contributed by atoms with E-state index in [9.17, 15) is 9.59 Å². The van der Waals surface area contributed by atoms with Crippen molar-refractivity contribution in [2.75, 3.05) is 13.1 Å². The number of H-pyrrole nitrogens is 1. The molecule has 1 aromatic heterocycles. The van der Waals surface area contributed by atoms with Crippen molar-refractivity contribution in [1.29, 1.82) is 0 Å². The Labute approximate surface area is 111 Å². The molecule has 7 heteroatoms. The first kappa shape index (κ1) is 13.5.